The standard InChI is InChI=1S/C17H25N3O5S/c1-5-24-13(21)9-11-10-26-15(18-11)19-14(22)12-7-6-8-20(12)16(23)25-17(2,3)4/h10,12H,5-9H2,1-4H3,(H,18,19,22). The van der Waals surface area contributed by atoms with Crippen molar-refractivity contribution in [3.05, 3.63) is 11.1 Å². The Morgan fingerprint density at radius 1 is 1.38 bits per heavy atom. The van der Waals surface area contributed by atoms with Gasteiger partial charge in [0.05, 0.1) is 18.7 Å². The lowest BCUT2D eigenvalue weighted by molar-refractivity contribution is -0.142. The van der Waals surface area contributed by atoms with Gasteiger partial charge in [0, 0.05) is 11.9 Å². The van der Waals surface area contributed by atoms with Crippen LogP contribution >= 0.6 is 11.3 Å². The highest BCUT2D eigenvalue weighted by Gasteiger charge is 2.36. The van der Waals surface area contributed by atoms with Gasteiger partial charge in [-0.25, -0.2) is 9.78 Å². The molecule has 2 rings (SSSR count). The van der Waals surface area contributed by atoms with Crippen molar-refractivity contribution in [2.45, 2.75) is 58.6 Å². The van der Waals surface area contributed by atoms with Crippen molar-refractivity contribution in [3.8, 4) is 0 Å². The third-order valence-electron chi connectivity index (χ3n) is 3.60. The molecule has 1 atom stereocenters. The first-order chi connectivity index (χ1) is 12.2. The van der Waals surface area contributed by atoms with E-state index in [1.807, 2.05) is 0 Å². The first-order valence-corrected chi connectivity index (χ1v) is 9.48. The fourth-order valence-electron chi connectivity index (χ4n) is 2.57. The average Bonchev–Trinajstić information content (AvgIpc) is 3.15. The maximum absolute atomic E-state index is 12.5. The molecule has 2 heterocycles. The maximum Gasteiger partial charge on any atom is 0.410 e. The molecule has 0 bridgehead atoms. The van der Waals surface area contributed by atoms with Gasteiger partial charge >= 0.3 is 12.1 Å². The molecular formula is C17H25N3O5S. The van der Waals surface area contributed by atoms with Gasteiger partial charge in [-0.05, 0) is 40.5 Å². The zero-order chi connectivity index (χ0) is 19.3. The first-order valence-electron chi connectivity index (χ1n) is 8.60. The van der Waals surface area contributed by atoms with E-state index in [9.17, 15) is 14.4 Å². The summed E-state index contributed by atoms with van der Waals surface area (Å²) in [4.78, 5) is 42.0. The smallest absolute Gasteiger partial charge is 0.410 e. The zero-order valence-corrected chi connectivity index (χ0v) is 16.4. The molecule has 1 unspecified atom stereocenters. The van der Waals surface area contributed by atoms with Gasteiger partial charge in [-0.2, -0.15) is 0 Å². The van der Waals surface area contributed by atoms with Crippen molar-refractivity contribution >= 4 is 34.4 Å². The molecule has 1 N–H and O–H groups in total. The van der Waals surface area contributed by atoms with Crippen molar-refractivity contribution in [2.75, 3.05) is 18.5 Å². The normalized spacial score (nSPS) is 17.1. The Hall–Kier alpha value is -2.16. The number of esters is 1. The van der Waals surface area contributed by atoms with Crippen LogP contribution in [0.2, 0.25) is 0 Å². The topological polar surface area (TPSA) is 97.8 Å². The minimum absolute atomic E-state index is 0.0632. The molecule has 0 aliphatic carbocycles. The minimum atomic E-state index is -0.613. The number of hydrogen-bond acceptors (Lipinski definition) is 7. The van der Waals surface area contributed by atoms with Crippen molar-refractivity contribution in [1.82, 2.24) is 9.88 Å². The molecule has 144 valence electrons. The van der Waals surface area contributed by atoms with Crippen LogP contribution in [0.5, 0.6) is 0 Å². The summed E-state index contributed by atoms with van der Waals surface area (Å²) in [6.07, 6.45) is 0.889. The van der Waals surface area contributed by atoms with Crippen LogP contribution in [-0.4, -0.2) is 52.6 Å². The molecule has 2 amide bonds. The molecule has 1 fully saturated rings. The molecule has 1 aromatic heterocycles. The highest BCUT2D eigenvalue weighted by atomic mass is 32.1. The number of anilines is 1. The summed E-state index contributed by atoms with van der Waals surface area (Å²) in [6.45, 7) is 7.90. The predicted octanol–water partition coefficient (Wildman–Crippen LogP) is 2.59. The minimum Gasteiger partial charge on any atom is -0.466 e. The summed E-state index contributed by atoms with van der Waals surface area (Å²) in [6, 6.07) is -0.581. The molecule has 8 nitrogen and oxygen atoms in total. The Morgan fingerprint density at radius 3 is 2.77 bits per heavy atom. The Labute approximate surface area is 156 Å². The number of carbonyl (C=O) groups excluding carboxylic acids is 3. The third-order valence-corrected chi connectivity index (χ3v) is 4.40. The lowest BCUT2D eigenvalue weighted by Gasteiger charge is -2.27. The number of rotatable bonds is 5. The van der Waals surface area contributed by atoms with Crippen LogP contribution in [0.25, 0.3) is 0 Å². The van der Waals surface area contributed by atoms with E-state index in [1.54, 1.807) is 33.1 Å². The maximum atomic E-state index is 12.5. The molecule has 1 aliphatic rings. The molecule has 1 saturated heterocycles. The second-order valence-electron chi connectivity index (χ2n) is 6.95. The number of carbonyl (C=O) groups is 3. The average molecular weight is 383 g/mol. The predicted molar refractivity (Wildman–Crippen MR) is 97.0 cm³/mol. The number of likely N-dealkylation sites (tertiary alicyclic amines) is 1. The third kappa shape index (κ3) is 5.69. The van der Waals surface area contributed by atoms with Crippen LogP contribution in [0.3, 0.4) is 0 Å². The molecule has 0 radical (unpaired) electrons. The van der Waals surface area contributed by atoms with Gasteiger partial charge in [0.25, 0.3) is 0 Å². The van der Waals surface area contributed by atoms with Crippen LogP contribution in [0, 0.1) is 0 Å². The largest absolute Gasteiger partial charge is 0.466 e. The van der Waals surface area contributed by atoms with Crippen molar-refractivity contribution in [3.63, 3.8) is 0 Å². The van der Waals surface area contributed by atoms with Gasteiger partial charge < -0.3 is 14.8 Å². The van der Waals surface area contributed by atoms with Crippen LogP contribution in [0.1, 0.15) is 46.2 Å². The van der Waals surface area contributed by atoms with E-state index < -0.39 is 17.7 Å². The summed E-state index contributed by atoms with van der Waals surface area (Å²) in [5.41, 5.74) is -0.0722. The van der Waals surface area contributed by atoms with E-state index in [4.69, 9.17) is 9.47 Å². The number of aromatic nitrogens is 1. The molecule has 0 saturated carbocycles. The first kappa shape index (κ1) is 20.2. The summed E-state index contributed by atoms with van der Waals surface area (Å²) >= 11 is 1.23. The number of amides is 2. The summed E-state index contributed by atoms with van der Waals surface area (Å²) in [7, 11) is 0. The van der Waals surface area contributed by atoms with Crippen LogP contribution in [-0.2, 0) is 25.5 Å². The molecular weight excluding hydrogens is 358 g/mol. The number of nitrogens with zero attached hydrogens (tertiary/aromatic N) is 2. The number of thiazole rings is 1. The SMILES string of the molecule is CCOC(=O)Cc1csc(NC(=O)C2CCCN2C(=O)OC(C)(C)C)n1. The van der Waals surface area contributed by atoms with Crippen molar-refractivity contribution in [1.29, 1.82) is 0 Å². The molecule has 0 aromatic carbocycles. The van der Waals surface area contributed by atoms with Gasteiger partial charge in [-0.15, -0.1) is 11.3 Å². The molecule has 1 aliphatic heterocycles. The Kier molecular flexibility index (Phi) is 6.57. The highest BCUT2D eigenvalue weighted by molar-refractivity contribution is 7.13. The van der Waals surface area contributed by atoms with Crippen LogP contribution < -0.4 is 5.32 Å². The summed E-state index contributed by atoms with van der Waals surface area (Å²) < 4.78 is 10.2. The fraction of sp³-hybridized carbons (Fsp3) is 0.647. The lowest BCUT2D eigenvalue weighted by atomic mass is 10.2. The van der Waals surface area contributed by atoms with Gasteiger partial charge in [-0.1, -0.05) is 0 Å². The van der Waals surface area contributed by atoms with E-state index >= 15 is 0 Å². The van der Waals surface area contributed by atoms with E-state index in [2.05, 4.69) is 10.3 Å². The van der Waals surface area contributed by atoms with Gasteiger partial charge in [0.2, 0.25) is 5.91 Å². The zero-order valence-electron chi connectivity index (χ0n) is 15.5. The number of nitrogens with one attached hydrogen (secondary N) is 1. The van der Waals surface area contributed by atoms with Crippen LogP contribution in [0.15, 0.2) is 5.38 Å². The summed E-state index contributed by atoms with van der Waals surface area (Å²) in [5, 5.41) is 4.82. The second kappa shape index (κ2) is 8.48. The van der Waals surface area contributed by atoms with Gasteiger partial charge in [0.15, 0.2) is 5.13 Å². The van der Waals surface area contributed by atoms with Crippen molar-refractivity contribution < 1.29 is 23.9 Å². The Balaban J connectivity index is 1.95. The quantitative estimate of drug-likeness (QED) is 0.785. The van der Waals surface area contributed by atoms with E-state index in [1.165, 1.54) is 16.2 Å². The molecule has 0 spiro atoms. The lowest BCUT2D eigenvalue weighted by Crippen LogP contribution is -2.45. The number of hydrogen-bond donors (Lipinski definition) is 1. The van der Waals surface area contributed by atoms with Gasteiger partial charge in [0.1, 0.15) is 11.6 Å². The molecule has 1 aromatic rings. The van der Waals surface area contributed by atoms with Crippen molar-refractivity contribution in [2.24, 2.45) is 0 Å². The highest BCUT2D eigenvalue weighted by Crippen LogP contribution is 2.23. The van der Waals surface area contributed by atoms with Gasteiger partial charge in [-0.3, -0.25) is 14.5 Å². The Morgan fingerprint density at radius 2 is 2.12 bits per heavy atom. The molecule has 9 heteroatoms. The summed E-state index contributed by atoms with van der Waals surface area (Å²) in [5.74, 6) is -0.659. The fourth-order valence-corrected chi connectivity index (χ4v) is 3.29. The Bertz CT molecular complexity index is 668. The van der Waals surface area contributed by atoms with E-state index in [-0.39, 0.29) is 18.3 Å². The molecule has 26 heavy (non-hydrogen) atoms. The monoisotopic (exact) mass is 383 g/mol. The second-order valence-corrected chi connectivity index (χ2v) is 7.80. The van der Waals surface area contributed by atoms with E-state index in [0.717, 1.165) is 6.42 Å². The van der Waals surface area contributed by atoms with E-state index in [0.29, 0.717) is 30.4 Å². The number of ether oxygens (including phenoxy) is 2. The van der Waals surface area contributed by atoms with Crippen LogP contribution in [0.4, 0.5) is 9.93 Å².